The van der Waals surface area contributed by atoms with Gasteiger partial charge in [-0.05, 0) is 54.7 Å². The van der Waals surface area contributed by atoms with Gasteiger partial charge in [-0.3, -0.25) is 0 Å². The van der Waals surface area contributed by atoms with Crippen molar-refractivity contribution in [2.45, 2.75) is 30.7 Å². The first kappa shape index (κ1) is 16.0. The van der Waals surface area contributed by atoms with Gasteiger partial charge >= 0.3 is 0 Å². The first-order valence-electron chi connectivity index (χ1n) is 8.19. The number of aryl methyl sites for hydroxylation is 2. The SMILES string of the molecule is O=S(=O)(NCc1cccnc1-n1cccn1)c1ccc2c(c1)CCC2. The van der Waals surface area contributed by atoms with Crippen molar-refractivity contribution < 1.29 is 8.42 Å². The minimum atomic E-state index is -3.57. The normalized spacial score (nSPS) is 13.8. The van der Waals surface area contributed by atoms with Crippen LogP contribution in [0.1, 0.15) is 23.1 Å². The summed E-state index contributed by atoms with van der Waals surface area (Å²) in [4.78, 5) is 4.62. The van der Waals surface area contributed by atoms with Crippen LogP contribution in [0.15, 0.2) is 59.9 Å². The Kier molecular flexibility index (Phi) is 4.10. The van der Waals surface area contributed by atoms with Crippen LogP contribution in [0.25, 0.3) is 5.82 Å². The lowest BCUT2D eigenvalue weighted by atomic mass is 10.1. The largest absolute Gasteiger partial charge is 0.240 e. The van der Waals surface area contributed by atoms with Crippen LogP contribution in [-0.2, 0) is 29.4 Å². The van der Waals surface area contributed by atoms with Crippen molar-refractivity contribution in [2.75, 3.05) is 0 Å². The molecule has 0 amide bonds. The number of hydrogen-bond donors (Lipinski definition) is 1. The summed E-state index contributed by atoms with van der Waals surface area (Å²) >= 11 is 0. The number of pyridine rings is 1. The third kappa shape index (κ3) is 3.20. The van der Waals surface area contributed by atoms with Gasteiger partial charge in [0.15, 0.2) is 5.82 Å². The average Bonchev–Trinajstić information content (AvgIpc) is 3.31. The van der Waals surface area contributed by atoms with Crippen molar-refractivity contribution in [1.29, 1.82) is 0 Å². The lowest BCUT2D eigenvalue weighted by Crippen LogP contribution is -2.24. The van der Waals surface area contributed by atoms with E-state index in [2.05, 4.69) is 14.8 Å². The Morgan fingerprint density at radius 2 is 1.96 bits per heavy atom. The molecule has 7 heteroatoms. The van der Waals surface area contributed by atoms with Crippen LogP contribution in [0.3, 0.4) is 0 Å². The van der Waals surface area contributed by atoms with E-state index in [1.54, 1.807) is 47.5 Å². The number of fused-ring (bicyclic) bond motifs is 1. The van der Waals surface area contributed by atoms with Crippen molar-refractivity contribution in [3.05, 3.63) is 71.7 Å². The highest BCUT2D eigenvalue weighted by molar-refractivity contribution is 7.89. The molecular formula is C18H18N4O2S. The maximum absolute atomic E-state index is 12.6. The Labute approximate surface area is 146 Å². The van der Waals surface area contributed by atoms with E-state index in [1.807, 2.05) is 12.1 Å². The summed E-state index contributed by atoms with van der Waals surface area (Å²) in [5.74, 6) is 0.615. The zero-order valence-corrected chi connectivity index (χ0v) is 14.4. The minimum absolute atomic E-state index is 0.155. The maximum atomic E-state index is 12.6. The second-order valence-electron chi connectivity index (χ2n) is 6.05. The fourth-order valence-electron chi connectivity index (χ4n) is 3.14. The molecule has 2 heterocycles. The molecule has 1 aromatic carbocycles. The number of rotatable bonds is 5. The van der Waals surface area contributed by atoms with Gasteiger partial charge in [0.25, 0.3) is 0 Å². The third-order valence-electron chi connectivity index (χ3n) is 4.42. The smallest absolute Gasteiger partial charge is 0.237 e. The van der Waals surface area contributed by atoms with Crippen LogP contribution in [0, 0.1) is 0 Å². The van der Waals surface area contributed by atoms with E-state index in [0.29, 0.717) is 10.7 Å². The van der Waals surface area contributed by atoms with Crippen LogP contribution in [-0.4, -0.2) is 23.2 Å². The minimum Gasteiger partial charge on any atom is -0.237 e. The van der Waals surface area contributed by atoms with E-state index in [4.69, 9.17) is 0 Å². The van der Waals surface area contributed by atoms with Crippen LogP contribution < -0.4 is 4.72 Å². The van der Waals surface area contributed by atoms with Gasteiger partial charge in [-0.2, -0.15) is 5.10 Å². The van der Waals surface area contributed by atoms with E-state index < -0.39 is 10.0 Å². The molecule has 0 unspecified atom stereocenters. The van der Waals surface area contributed by atoms with E-state index in [1.165, 1.54) is 5.56 Å². The van der Waals surface area contributed by atoms with Gasteiger partial charge in [-0.15, -0.1) is 0 Å². The standard InChI is InChI=1S/C18H18N4O2S/c23-25(24,17-8-7-14-4-1-5-15(14)12-17)21-13-16-6-2-9-19-18(16)22-11-3-10-20-22/h2-3,6-12,21H,1,4-5,13H2. The Balaban J connectivity index is 1.57. The molecule has 2 aromatic heterocycles. The number of nitrogens with zero attached hydrogens (tertiary/aromatic N) is 3. The van der Waals surface area contributed by atoms with Crippen molar-refractivity contribution in [3.63, 3.8) is 0 Å². The Morgan fingerprint density at radius 1 is 1.08 bits per heavy atom. The lowest BCUT2D eigenvalue weighted by Gasteiger charge is -2.11. The van der Waals surface area contributed by atoms with Gasteiger partial charge in [0, 0.05) is 30.7 Å². The Bertz CT molecular complexity index is 998. The highest BCUT2D eigenvalue weighted by atomic mass is 32.2. The van der Waals surface area contributed by atoms with Crippen molar-refractivity contribution in [1.82, 2.24) is 19.5 Å². The molecule has 0 spiro atoms. The van der Waals surface area contributed by atoms with Gasteiger partial charge in [-0.1, -0.05) is 12.1 Å². The molecule has 128 valence electrons. The summed E-state index contributed by atoms with van der Waals surface area (Å²) < 4.78 is 29.6. The van der Waals surface area contributed by atoms with E-state index in [0.717, 1.165) is 30.4 Å². The van der Waals surface area contributed by atoms with Crippen molar-refractivity contribution in [2.24, 2.45) is 0 Å². The van der Waals surface area contributed by atoms with Gasteiger partial charge in [0.05, 0.1) is 4.90 Å². The van der Waals surface area contributed by atoms with Gasteiger partial charge in [0.2, 0.25) is 10.0 Å². The number of benzene rings is 1. The topological polar surface area (TPSA) is 76.9 Å². The average molecular weight is 354 g/mol. The molecule has 0 aliphatic heterocycles. The molecule has 0 saturated carbocycles. The van der Waals surface area contributed by atoms with Gasteiger partial charge in [0.1, 0.15) is 0 Å². The molecule has 1 aliphatic rings. The number of nitrogens with one attached hydrogen (secondary N) is 1. The molecule has 0 bridgehead atoms. The van der Waals surface area contributed by atoms with Crippen LogP contribution in [0.4, 0.5) is 0 Å². The molecular weight excluding hydrogens is 336 g/mol. The van der Waals surface area contributed by atoms with E-state index in [9.17, 15) is 8.42 Å². The fraction of sp³-hybridized carbons (Fsp3) is 0.222. The second kappa shape index (κ2) is 6.42. The summed E-state index contributed by atoms with van der Waals surface area (Å²) in [5.41, 5.74) is 3.16. The molecule has 3 aromatic rings. The van der Waals surface area contributed by atoms with E-state index in [-0.39, 0.29) is 6.54 Å². The zero-order valence-electron chi connectivity index (χ0n) is 13.6. The molecule has 1 aliphatic carbocycles. The van der Waals surface area contributed by atoms with Gasteiger partial charge < -0.3 is 0 Å². The number of sulfonamides is 1. The highest BCUT2D eigenvalue weighted by Gasteiger charge is 2.19. The first-order chi connectivity index (χ1) is 12.1. The molecule has 4 rings (SSSR count). The Morgan fingerprint density at radius 3 is 2.80 bits per heavy atom. The summed E-state index contributed by atoms with van der Waals surface area (Å²) in [7, 11) is -3.57. The monoisotopic (exact) mass is 354 g/mol. The molecule has 25 heavy (non-hydrogen) atoms. The molecule has 0 atom stereocenters. The quantitative estimate of drug-likeness (QED) is 0.762. The fourth-order valence-corrected chi connectivity index (χ4v) is 4.20. The predicted octanol–water partition coefficient (Wildman–Crippen LogP) is 2.23. The van der Waals surface area contributed by atoms with Crippen molar-refractivity contribution in [3.8, 4) is 5.82 Å². The van der Waals surface area contributed by atoms with Crippen LogP contribution >= 0.6 is 0 Å². The first-order valence-corrected chi connectivity index (χ1v) is 9.67. The zero-order chi connectivity index (χ0) is 17.3. The lowest BCUT2D eigenvalue weighted by molar-refractivity contribution is 0.581. The highest BCUT2D eigenvalue weighted by Crippen LogP contribution is 2.24. The summed E-state index contributed by atoms with van der Waals surface area (Å²) in [5, 5.41) is 4.17. The molecule has 1 N–H and O–H groups in total. The predicted molar refractivity (Wildman–Crippen MR) is 93.9 cm³/mol. The maximum Gasteiger partial charge on any atom is 0.240 e. The molecule has 0 radical (unpaired) electrons. The molecule has 0 saturated heterocycles. The number of aromatic nitrogens is 3. The van der Waals surface area contributed by atoms with Gasteiger partial charge in [-0.25, -0.2) is 22.8 Å². The van der Waals surface area contributed by atoms with Crippen LogP contribution in [0.2, 0.25) is 0 Å². The third-order valence-corrected chi connectivity index (χ3v) is 5.82. The van der Waals surface area contributed by atoms with E-state index >= 15 is 0 Å². The van der Waals surface area contributed by atoms with Crippen molar-refractivity contribution >= 4 is 10.0 Å². The summed E-state index contributed by atoms with van der Waals surface area (Å²) in [6.07, 6.45) is 8.18. The second-order valence-corrected chi connectivity index (χ2v) is 7.81. The molecule has 0 fully saturated rings. The summed E-state index contributed by atoms with van der Waals surface area (Å²) in [6.45, 7) is 0.155. The Hall–Kier alpha value is -2.51. The number of hydrogen-bond acceptors (Lipinski definition) is 4. The molecule has 6 nitrogen and oxygen atoms in total. The van der Waals surface area contributed by atoms with Crippen LogP contribution in [0.5, 0.6) is 0 Å². The summed E-state index contributed by atoms with van der Waals surface area (Å²) in [6, 6.07) is 10.8.